The van der Waals surface area contributed by atoms with E-state index in [4.69, 9.17) is 16.3 Å². The number of unbranched alkanes of at least 4 members (excludes halogenated alkanes) is 1. The number of ketones is 1. The third kappa shape index (κ3) is 4.97. The van der Waals surface area contributed by atoms with E-state index < -0.39 is 17.7 Å². The van der Waals surface area contributed by atoms with Crippen LogP contribution in [0.25, 0.3) is 5.76 Å². The molecule has 4 rings (SSSR count). The molecule has 1 amide bonds. The lowest BCUT2D eigenvalue weighted by Crippen LogP contribution is -2.29. The smallest absolute Gasteiger partial charge is 0.295 e. The molecule has 0 spiro atoms. The van der Waals surface area contributed by atoms with Gasteiger partial charge < -0.3 is 14.7 Å². The summed E-state index contributed by atoms with van der Waals surface area (Å²) >= 11 is 5.99. The van der Waals surface area contributed by atoms with Crippen LogP contribution >= 0.6 is 11.6 Å². The van der Waals surface area contributed by atoms with Crippen LogP contribution in [0.1, 0.15) is 42.5 Å². The molecule has 2 aromatic carbocycles. The number of benzene rings is 2. The number of ether oxygens (including phenoxy) is 1. The highest BCUT2D eigenvalue weighted by Gasteiger charge is 2.46. The van der Waals surface area contributed by atoms with Crippen LogP contribution in [0.5, 0.6) is 5.75 Å². The molecule has 1 saturated heterocycles. The molecule has 0 bridgehead atoms. The van der Waals surface area contributed by atoms with Crippen LogP contribution in [-0.4, -0.2) is 33.3 Å². The second-order valence-corrected chi connectivity index (χ2v) is 8.51. The highest BCUT2D eigenvalue weighted by Crippen LogP contribution is 2.41. The number of hydrogen-bond acceptors (Lipinski definition) is 5. The lowest BCUT2D eigenvalue weighted by atomic mass is 9.95. The Bertz CT molecular complexity index is 1210. The molecule has 1 aromatic heterocycles. The van der Waals surface area contributed by atoms with Gasteiger partial charge >= 0.3 is 0 Å². The Morgan fingerprint density at radius 3 is 2.62 bits per heavy atom. The number of aromatic nitrogens is 1. The minimum Gasteiger partial charge on any atom is -0.507 e. The Hall–Kier alpha value is -3.64. The first-order valence-corrected chi connectivity index (χ1v) is 11.5. The zero-order valence-corrected chi connectivity index (χ0v) is 19.5. The molecule has 1 unspecified atom stereocenters. The van der Waals surface area contributed by atoms with Gasteiger partial charge in [-0.25, -0.2) is 0 Å². The van der Waals surface area contributed by atoms with Crippen molar-refractivity contribution < 1.29 is 19.4 Å². The van der Waals surface area contributed by atoms with Gasteiger partial charge in [0.1, 0.15) is 11.5 Å². The van der Waals surface area contributed by atoms with E-state index in [2.05, 4.69) is 11.9 Å². The summed E-state index contributed by atoms with van der Waals surface area (Å²) in [6.45, 7) is 2.82. The largest absolute Gasteiger partial charge is 0.507 e. The maximum atomic E-state index is 13.2. The van der Waals surface area contributed by atoms with Crippen molar-refractivity contribution >= 4 is 29.1 Å². The van der Waals surface area contributed by atoms with Crippen molar-refractivity contribution in [3.63, 3.8) is 0 Å². The number of aliphatic hydroxyl groups excluding tert-OH is 1. The molecule has 1 N–H and O–H groups in total. The number of hydrogen-bond donors (Lipinski definition) is 1. The van der Waals surface area contributed by atoms with Crippen LogP contribution < -0.4 is 4.74 Å². The van der Waals surface area contributed by atoms with E-state index in [1.54, 1.807) is 42.7 Å². The maximum absolute atomic E-state index is 13.2. The number of amides is 1. The predicted octanol–water partition coefficient (Wildman–Crippen LogP) is 5.54. The maximum Gasteiger partial charge on any atom is 0.295 e. The van der Waals surface area contributed by atoms with E-state index in [-0.39, 0.29) is 17.9 Å². The SMILES string of the molecule is CCCCOc1cccc(C2/C(=C(\O)c3ccc(Cl)cc3)C(=O)C(=O)N2Cc2cccnc2)c1. The molecule has 2 heterocycles. The Morgan fingerprint density at radius 2 is 1.91 bits per heavy atom. The van der Waals surface area contributed by atoms with Gasteiger partial charge in [-0.15, -0.1) is 0 Å². The number of carbonyl (C=O) groups is 2. The quantitative estimate of drug-likeness (QED) is 0.200. The van der Waals surface area contributed by atoms with Crippen LogP contribution in [0, 0.1) is 0 Å². The molecule has 1 aliphatic rings. The third-order valence-corrected chi connectivity index (χ3v) is 5.93. The summed E-state index contributed by atoms with van der Waals surface area (Å²) in [7, 11) is 0. The van der Waals surface area contributed by atoms with Crippen molar-refractivity contribution in [2.45, 2.75) is 32.4 Å². The lowest BCUT2D eigenvalue weighted by Gasteiger charge is -2.25. The van der Waals surface area contributed by atoms with Crippen LogP contribution in [0.2, 0.25) is 5.02 Å². The predicted molar refractivity (Wildman–Crippen MR) is 130 cm³/mol. The normalized spacial score (nSPS) is 17.2. The second-order valence-electron chi connectivity index (χ2n) is 8.07. The number of aliphatic hydroxyl groups is 1. The molecule has 0 radical (unpaired) electrons. The van der Waals surface area contributed by atoms with Crippen molar-refractivity contribution in [1.29, 1.82) is 0 Å². The summed E-state index contributed by atoms with van der Waals surface area (Å²) in [4.78, 5) is 31.9. The van der Waals surface area contributed by atoms with Crippen molar-refractivity contribution in [1.82, 2.24) is 9.88 Å². The fraction of sp³-hybridized carbons (Fsp3) is 0.222. The molecular weight excluding hydrogens is 452 g/mol. The summed E-state index contributed by atoms with van der Waals surface area (Å²) in [6.07, 6.45) is 5.22. The van der Waals surface area contributed by atoms with Gasteiger partial charge in [0, 0.05) is 29.5 Å². The molecular formula is C27H25ClN2O4. The molecule has 3 aromatic rings. The highest BCUT2D eigenvalue weighted by molar-refractivity contribution is 6.46. The van der Waals surface area contributed by atoms with Crippen molar-refractivity contribution in [3.05, 3.63) is 100 Å². The van der Waals surface area contributed by atoms with E-state index in [0.717, 1.165) is 18.4 Å². The van der Waals surface area contributed by atoms with Gasteiger partial charge in [-0.05, 0) is 60.0 Å². The van der Waals surface area contributed by atoms with Gasteiger partial charge in [-0.2, -0.15) is 0 Å². The molecule has 7 heteroatoms. The molecule has 1 aliphatic heterocycles. The molecule has 0 aliphatic carbocycles. The topological polar surface area (TPSA) is 79.7 Å². The standard InChI is InChI=1S/C27H25ClN2O4/c1-2-3-14-34-22-8-4-7-20(15-22)24-23(25(31)19-9-11-21(28)12-10-19)26(32)27(33)30(24)17-18-6-5-13-29-16-18/h4-13,15-16,24,31H,2-3,14,17H2,1H3/b25-23+. The van der Waals surface area contributed by atoms with Crippen LogP contribution in [0.15, 0.2) is 78.6 Å². The van der Waals surface area contributed by atoms with Crippen molar-refractivity contribution in [2.24, 2.45) is 0 Å². The molecule has 174 valence electrons. The zero-order valence-electron chi connectivity index (χ0n) is 18.8. The fourth-order valence-electron chi connectivity index (χ4n) is 3.95. The molecule has 34 heavy (non-hydrogen) atoms. The van der Waals surface area contributed by atoms with Gasteiger partial charge in [0.05, 0.1) is 18.2 Å². The van der Waals surface area contributed by atoms with Gasteiger partial charge in [0.25, 0.3) is 11.7 Å². The first-order chi connectivity index (χ1) is 16.5. The van der Waals surface area contributed by atoms with E-state index in [1.165, 1.54) is 4.90 Å². The van der Waals surface area contributed by atoms with E-state index in [9.17, 15) is 14.7 Å². The fourth-order valence-corrected chi connectivity index (χ4v) is 4.08. The minimum atomic E-state index is -0.786. The number of likely N-dealkylation sites (tertiary alicyclic amines) is 1. The number of halogens is 1. The van der Waals surface area contributed by atoms with Gasteiger partial charge in [-0.3, -0.25) is 14.6 Å². The summed E-state index contributed by atoms with van der Waals surface area (Å²) < 4.78 is 5.86. The first kappa shape index (κ1) is 23.5. The monoisotopic (exact) mass is 476 g/mol. The van der Waals surface area contributed by atoms with E-state index in [1.807, 2.05) is 30.3 Å². The van der Waals surface area contributed by atoms with Gasteiger partial charge in [-0.1, -0.05) is 43.1 Å². The Morgan fingerprint density at radius 1 is 1.12 bits per heavy atom. The lowest BCUT2D eigenvalue weighted by molar-refractivity contribution is -0.140. The number of Topliss-reactive ketones (excluding diaryl/α,β-unsaturated/α-hetero) is 1. The first-order valence-electron chi connectivity index (χ1n) is 11.2. The Kier molecular flexibility index (Phi) is 7.28. The molecule has 1 atom stereocenters. The summed E-state index contributed by atoms with van der Waals surface area (Å²) in [6, 6.07) is 16.6. The minimum absolute atomic E-state index is 0.0296. The Labute approximate surface area is 203 Å². The van der Waals surface area contributed by atoms with Crippen LogP contribution in [0.3, 0.4) is 0 Å². The average Bonchev–Trinajstić information content (AvgIpc) is 3.10. The number of rotatable bonds is 8. The van der Waals surface area contributed by atoms with E-state index >= 15 is 0 Å². The van der Waals surface area contributed by atoms with E-state index in [0.29, 0.717) is 28.5 Å². The Balaban J connectivity index is 1.80. The zero-order chi connectivity index (χ0) is 24.1. The van der Waals surface area contributed by atoms with Gasteiger partial charge in [0.2, 0.25) is 0 Å². The number of carbonyl (C=O) groups excluding carboxylic acids is 2. The third-order valence-electron chi connectivity index (χ3n) is 5.67. The number of pyridine rings is 1. The summed E-state index contributed by atoms with van der Waals surface area (Å²) in [5.41, 5.74) is 1.88. The molecule has 6 nitrogen and oxygen atoms in total. The summed E-state index contributed by atoms with van der Waals surface area (Å²) in [5, 5.41) is 11.7. The molecule has 1 fully saturated rings. The van der Waals surface area contributed by atoms with Crippen LogP contribution in [0.4, 0.5) is 0 Å². The second kappa shape index (κ2) is 10.5. The van der Waals surface area contributed by atoms with Crippen molar-refractivity contribution in [3.8, 4) is 5.75 Å². The van der Waals surface area contributed by atoms with Crippen LogP contribution in [-0.2, 0) is 16.1 Å². The van der Waals surface area contributed by atoms with Crippen molar-refractivity contribution in [2.75, 3.05) is 6.61 Å². The summed E-state index contributed by atoms with van der Waals surface area (Å²) in [5.74, 6) is -1.02. The van der Waals surface area contributed by atoms with Gasteiger partial charge in [0.15, 0.2) is 0 Å². The highest BCUT2D eigenvalue weighted by atomic mass is 35.5. The average molecular weight is 477 g/mol. The number of nitrogens with zero attached hydrogens (tertiary/aromatic N) is 2. The molecule has 0 saturated carbocycles.